The van der Waals surface area contributed by atoms with Gasteiger partial charge in [0, 0.05) is 33.4 Å². The third-order valence-corrected chi connectivity index (χ3v) is 2.07. The fraction of sp³-hybridized carbons (Fsp3) is 0.909. The molecule has 15 heavy (non-hydrogen) atoms. The number of unbranched alkanes of at least 4 members (excludes halogenated alkanes) is 3. The van der Waals surface area contributed by atoms with Crippen molar-refractivity contribution in [2.24, 2.45) is 0 Å². The number of methoxy groups -OCH3 is 1. The molecule has 0 aliphatic carbocycles. The molecule has 0 saturated heterocycles. The van der Waals surface area contributed by atoms with Gasteiger partial charge in [-0.15, -0.1) is 0 Å². The monoisotopic (exact) mass is 218 g/mol. The Kier molecular flexibility index (Phi) is 11.0. The van der Waals surface area contributed by atoms with Gasteiger partial charge in [-0.25, -0.2) is 0 Å². The topological polar surface area (TPSA) is 55.8 Å². The van der Waals surface area contributed by atoms with Crippen LogP contribution < -0.4 is 0 Å². The van der Waals surface area contributed by atoms with E-state index in [-0.39, 0.29) is 6.42 Å². The van der Waals surface area contributed by atoms with Crippen LogP contribution in [-0.2, 0) is 14.3 Å². The SMILES string of the molecule is COCCCCOCCCCCC(=O)O. The summed E-state index contributed by atoms with van der Waals surface area (Å²) in [5, 5.41) is 8.39. The molecule has 0 atom stereocenters. The number of carboxylic acids is 1. The second-order valence-electron chi connectivity index (χ2n) is 3.52. The van der Waals surface area contributed by atoms with Crippen molar-refractivity contribution in [2.75, 3.05) is 26.9 Å². The zero-order valence-corrected chi connectivity index (χ0v) is 9.54. The fourth-order valence-corrected chi connectivity index (χ4v) is 1.21. The maximum atomic E-state index is 10.2. The van der Waals surface area contributed by atoms with E-state index in [1.807, 2.05) is 0 Å². The molecule has 90 valence electrons. The Morgan fingerprint density at radius 2 is 1.60 bits per heavy atom. The van der Waals surface area contributed by atoms with Crippen LogP contribution in [0.3, 0.4) is 0 Å². The van der Waals surface area contributed by atoms with Crippen LogP contribution in [0.4, 0.5) is 0 Å². The smallest absolute Gasteiger partial charge is 0.303 e. The molecule has 0 aromatic rings. The molecule has 1 N–H and O–H groups in total. The molecular weight excluding hydrogens is 196 g/mol. The third-order valence-electron chi connectivity index (χ3n) is 2.07. The molecular formula is C11H22O4. The first-order valence-electron chi connectivity index (χ1n) is 5.56. The van der Waals surface area contributed by atoms with Gasteiger partial charge < -0.3 is 14.6 Å². The lowest BCUT2D eigenvalue weighted by Crippen LogP contribution is -2.00. The first-order valence-corrected chi connectivity index (χ1v) is 5.56. The van der Waals surface area contributed by atoms with Crippen molar-refractivity contribution in [1.29, 1.82) is 0 Å². The molecule has 0 aromatic carbocycles. The van der Waals surface area contributed by atoms with Crippen molar-refractivity contribution in [3.8, 4) is 0 Å². The Balaban J connectivity index is 2.89. The molecule has 0 bridgehead atoms. The van der Waals surface area contributed by atoms with E-state index in [0.29, 0.717) is 0 Å². The van der Waals surface area contributed by atoms with Crippen molar-refractivity contribution < 1.29 is 19.4 Å². The van der Waals surface area contributed by atoms with Gasteiger partial charge >= 0.3 is 5.97 Å². The Labute approximate surface area is 91.6 Å². The third kappa shape index (κ3) is 13.4. The van der Waals surface area contributed by atoms with Crippen LogP contribution in [-0.4, -0.2) is 38.0 Å². The van der Waals surface area contributed by atoms with Gasteiger partial charge in [0.1, 0.15) is 0 Å². The standard InChI is InChI=1S/C11H22O4/c1-14-8-5-6-10-15-9-4-2-3-7-11(12)13/h2-10H2,1H3,(H,12,13). The molecule has 4 nitrogen and oxygen atoms in total. The summed E-state index contributed by atoms with van der Waals surface area (Å²) in [6.45, 7) is 2.32. The van der Waals surface area contributed by atoms with Crippen LogP contribution in [0.5, 0.6) is 0 Å². The van der Waals surface area contributed by atoms with Crippen LogP contribution in [0.15, 0.2) is 0 Å². The van der Waals surface area contributed by atoms with Crippen LogP contribution in [0.2, 0.25) is 0 Å². The second-order valence-corrected chi connectivity index (χ2v) is 3.52. The number of carbonyl (C=O) groups is 1. The minimum atomic E-state index is -0.713. The molecule has 0 spiro atoms. The lowest BCUT2D eigenvalue weighted by atomic mass is 10.2. The average Bonchev–Trinajstić information content (AvgIpc) is 2.20. The molecule has 0 aromatic heterocycles. The molecule has 0 saturated carbocycles. The van der Waals surface area contributed by atoms with Gasteiger partial charge in [-0.05, 0) is 25.7 Å². The molecule has 0 unspecified atom stereocenters. The second kappa shape index (κ2) is 11.5. The number of hydrogen-bond acceptors (Lipinski definition) is 3. The van der Waals surface area contributed by atoms with Crippen molar-refractivity contribution in [3.63, 3.8) is 0 Å². The van der Waals surface area contributed by atoms with Gasteiger partial charge in [-0.1, -0.05) is 6.42 Å². The Bertz CT molecular complexity index is 148. The van der Waals surface area contributed by atoms with Crippen molar-refractivity contribution in [2.45, 2.75) is 38.5 Å². The summed E-state index contributed by atoms with van der Waals surface area (Å²) in [5.74, 6) is -0.713. The minimum absolute atomic E-state index is 0.272. The Morgan fingerprint density at radius 3 is 2.20 bits per heavy atom. The molecule has 0 heterocycles. The average molecular weight is 218 g/mol. The lowest BCUT2D eigenvalue weighted by Gasteiger charge is -2.03. The van der Waals surface area contributed by atoms with E-state index in [2.05, 4.69) is 0 Å². The van der Waals surface area contributed by atoms with Gasteiger partial charge in [0.25, 0.3) is 0 Å². The quantitative estimate of drug-likeness (QED) is 0.539. The predicted octanol–water partition coefficient (Wildman–Crippen LogP) is 2.07. The Hall–Kier alpha value is -0.610. The highest BCUT2D eigenvalue weighted by molar-refractivity contribution is 5.66. The van der Waals surface area contributed by atoms with Crippen LogP contribution in [0, 0.1) is 0 Å². The van der Waals surface area contributed by atoms with Crippen molar-refractivity contribution >= 4 is 5.97 Å². The number of hydrogen-bond donors (Lipinski definition) is 1. The van der Waals surface area contributed by atoms with Crippen molar-refractivity contribution in [3.05, 3.63) is 0 Å². The van der Waals surface area contributed by atoms with E-state index in [1.165, 1.54) is 0 Å². The summed E-state index contributed by atoms with van der Waals surface area (Å²) < 4.78 is 10.3. The zero-order valence-electron chi connectivity index (χ0n) is 9.54. The minimum Gasteiger partial charge on any atom is -0.481 e. The molecule has 0 radical (unpaired) electrons. The normalized spacial score (nSPS) is 10.5. The van der Waals surface area contributed by atoms with E-state index >= 15 is 0 Å². The maximum absolute atomic E-state index is 10.2. The van der Waals surface area contributed by atoms with E-state index in [0.717, 1.165) is 51.9 Å². The van der Waals surface area contributed by atoms with Gasteiger partial charge in [-0.3, -0.25) is 4.79 Å². The summed E-state index contributed by atoms with van der Waals surface area (Å²) in [6.07, 6.45) is 4.98. The van der Waals surface area contributed by atoms with Crippen molar-refractivity contribution in [1.82, 2.24) is 0 Å². The molecule has 0 fully saturated rings. The first kappa shape index (κ1) is 14.4. The number of carboxylic acid groups (broad SMARTS) is 1. The highest BCUT2D eigenvalue weighted by Crippen LogP contribution is 2.00. The highest BCUT2D eigenvalue weighted by atomic mass is 16.5. The van der Waals surface area contributed by atoms with E-state index < -0.39 is 5.97 Å². The van der Waals surface area contributed by atoms with Gasteiger partial charge in [0.15, 0.2) is 0 Å². The summed E-state index contributed by atoms with van der Waals surface area (Å²) in [6, 6.07) is 0. The molecule has 4 heteroatoms. The fourth-order valence-electron chi connectivity index (χ4n) is 1.21. The molecule has 0 aliphatic heterocycles. The van der Waals surface area contributed by atoms with E-state index in [9.17, 15) is 4.79 Å². The largest absolute Gasteiger partial charge is 0.481 e. The summed E-state index contributed by atoms with van der Waals surface area (Å²) >= 11 is 0. The van der Waals surface area contributed by atoms with Crippen LogP contribution >= 0.6 is 0 Å². The first-order chi connectivity index (χ1) is 7.27. The van der Waals surface area contributed by atoms with Crippen LogP contribution in [0.25, 0.3) is 0 Å². The summed E-state index contributed by atoms with van der Waals surface area (Å²) in [7, 11) is 1.70. The maximum Gasteiger partial charge on any atom is 0.303 e. The summed E-state index contributed by atoms with van der Waals surface area (Å²) in [5.41, 5.74) is 0. The highest BCUT2D eigenvalue weighted by Gasteiger charge is 1.96. The van der Waals surface area contributed by atoms with Crippen LogP contribution in [0.1, 0.15) is 38.5 Å². The van der Waals surface area contributed by atoms with Gasteiger partial charge in [0.2, 0.25) is 0 Å². The van der Waals surface area contributed by atoms with E-state index in [4.69, 9.17) is 14.6 Å². The van der Waals surface area contributed by atoms with Gasteiger partial charge in [0.05, 0.1) is 0 Å². The lowest BCUT2D eigenvalue weighted by molar-refractivity contribution is -0.137. The summed E-state index contributed by atoms with van der Waals surface area (Å²) in [4.78, 5) is 10.2. The zero-order chi connectivity index (χ0) is 11.4. The number of aliphatic carboxylic acids is 1. The molecule has 0 aliphatic rings. The number of rotatable bonds is 11. The van der Waals surface area contributed by atoms with Gasteiger partial charge in [-0.2, -0.15) is 0 Å². The molecule has 0 rings (SSSR count). The Morgan fingerprint density at radius 1 is 1.00 bits per heavy atom. The van der Waals surface area contributed by atoms with E-state index in [1.54, 1.807) is 7.11 Å². The molecule has 0 amide bonds. The number of ether oxygens (including phenoxy) is 2. The predicted molar refractivity (Wildman–Crippen MR) is 58.0 cm³/mol.